The third kappa shape index (κ3) is 3.42. The highest BCUT2D eigenvalue weighted by molar-refractivity contribution is 7.13. The Hall–Kier alpha value is -1.66. The molecule has 2 aromatic rings. The van der Waals surface area contributed by atoms with Gasteiger partial charge in [-0.1, -0.05) is 13.0 Å². The van der Waals surface area contributed by atoms with Crippen molar-refractivity contribution >= 4 is 17.2 Å². The van der Waals surface area contributed by atoms with E-state index in [1.165, 1.54) is 17.7 Å². The van der Waals surface area contributed by atoms with Crippen molar-refractivity contribution in [1.29, 1.82) is 0 Å². The molecule has 1 amide bonds. The van der Waals surface area contributed by atoms with Gasteiger partial charge in [0.15, 0.2) is 17.8 Å². The molecule has 6 heteroatoms. The zero-order valence-corrected chi connectivity index (χ0v) is 11.4. The zero-order valence-electron chi connectivity index (χ0n) is 10.6. The Labute approximate surface area is 115 Å². The minimum Gasteiger partial charge on any atom is -0.442 e. The summed E-state index contributed by atoms with van der Waals surface area (Å²) >= 11 is 1.49. The minimum absolute atomic E-state index is 0.277. The molecule has 0 fully saturated rings. The fourth-order valence-electron chi connectivity index (χ4n) is 1.63. The number of oxazole rings is 1. The first-order valence-electron chi connectivity index (χ1n) is 6.16. The third-order valence-electron chi connectivity index (χ3n) is 2.76. The van der Waals surface area contributed by atoms with E-state index < -0.39 is 0 Å². The second kappa shape index (κ2) is 6.49. The Morgan fingerprint density at radius 3 is 3.16 bits per heavy atom. The van der Waals surface area contributed by atoms with Gasteiger partial charge in [-0.25, -0.2) is 4.98 Å². The SMILES string of the molecule is CCC(O)CCNC(=O)c1ncoc1-c1cccs1. The average Bonchev–Trinajstić information content (AvgIpc) is 3.08. The van der Waals surface area contributed by atoms with Gasteiger partial charge in [-0.2, -0.15) is 0 Å². The van der Waals surface area contributed by atoms with Gasteiger partial charge in [0.1, 0.15) is 0 Å². The van der Waals surface area contributed by atoms with E-state index in [2.05, 4.69) is 10.3 Å². The number of aliphatic hydroxyl groups is 1. The van der Waals surface area contributed by atoms with Crippen LogP contribution >= 0.6 is 11.3 Å². The van der Waals surface area contributed by atoms with Crippen LogP contribution in [0.25, 0.3) is 10.6 Å². The number of aromatic nitrogens is 1. The number of thiophene rings is 1. The Morgan fingerprint density at radius 1 is 1.63 bits per heavy atom. The predicted octanol–water partition coefficient (Wildman–Crippen LogP) is 2.29. The van der Waals surface area contributed by atoms with Crippen molar-refractivity contribution in [2.45, 2.75) is 25.9 Å². The molecule has 1 atom stereocenters. The summed E-state index contributed by atoms with van der Waals surface area (Å²) in [6.07, 6.45) is 2.11. The summed E-state index contributed by atoms with van der Waals surface area (Å²) < 4.78 is 5.27. The molecular formula is C13H16N2O3S. The molecule has 0 aliphatic carbocycles. The highest BCUT2D eigenvalue weighted by Gasteiger charge is 2.18. The van der Waals surface area contributed by atoms with E-state index in [9.17, 15) is 9.90 Å². The van der Waals surface area contributed by atoms with Gasteiger partial charge in [0, 0.05) is 6.54 Å². The zero-order chi connectivity index (χ0) is 13.7. The number of nitrogens with one attached hydrogen (secondary N) is 1. The quantitative estimate of drug-likeness (QED) is 0.851. The molecule has 2 aromatic heterocycles. The minimum atomic E-state index is -0.380. The second-order valence-corrected chi connectivity index (χ2v) is 5.06. The Bertz CT molecular complexity index is 522. The number of hydrogen-bond acceptors (Lipinski definition) is 5. The molecule has 19 heavy (non-hydrogen) atoms. The van der Waals surface area contributed by atoms with Crippen LogP contribution in [0.3, 0.4) is 0 Å². The smallest absolute Gasteiger partial charge is 0.273 e. The summed E-state index contributed by atoms with van der Waals surface area (Å²) in [6, 6.07) is 3.77. The number of aliphatic hydroxyl groups excluding tert-OH is 1. The molecular weight excluding hydrogens is 264 g/mol. The molecule has 0 spiro atoms. The lowest BCUT2D eigenvalue weighted by molar-refractivity contribution is 0.0938. The van der Waals surface area contributed by atoms with E-state index in [0.717, 1.165) is 4.88 Å². The van der Waals surface area contributed by atoms with Crippen LogP contribution in [0.15, 0.2) is 28.3 Å². The van der Waals surface area contributed by atoms with Crippen molar-refractivity contribution in [1.82, 2.24) is 10.3 Å². The molecule has 2 N–H and O–H groups in total. The number of nitrogens with zero attached hydrogens (tertiary/aromatic N) is 1. The van der Waals surface area contributed by atoms with Gasteiger partial charge in [-0.15, -0.1) is 11.3 Å². The number of carbonyl (C=O) groups excluding carboxylic acids is 1. The van der Waals surface area contributed by atoms with Crippen molar-refractivity contribution < 1.29 is 14.3 Å². The van der Waals surface area contributed by atoms with Gasteiger partial charge in [-0.05, 0) is 24.3 Å². The van der Waals surface area contributed by atoms with Gasteiger partial charge in [-0.3, -0.25) is 4.79 Å². The average molecular weight is 280 g/mol. The normalized spacial score (nSPS) is 12.3. The summed E-state index contributed by atoms with van der Waals surface area (Å²) in [5.74, 6) is 0.212. The predicted molar refractivity (Wildman–Crippen MR) is 73.1 cm³/mol. The van der Waals surface area contributed by atoms with Crippen molar-refractivity contribution in [3.05, 3.63) is 29.6 Å². The van der Waals surface area contributed by atoms with Gasteiger partial charge < -0.3 is 14.8 Å². The molecule has 2 heterocycles. The van der Waals surface area contributed by atoms with Crippen LogP contribution < -0.4 is 5.32 Å². The van der Waals surface area contributed by atoms with Crippen LogP contribution in [0, 0.1) is 0 Å². The fourth-order valence-corrected chi connectivity index (χ4v) is 2.34. The van der Waals surface area contributed by atoms with E-state index >= 15 is 0 Å². The molecule has 0 saturated heterocycles. The lowest BCUT2D eigenvalue weighted by Gasteiger charge is -2.08. The lowest BCUT2D eigenvalue weighted by Crippen LogP contribution is -2.27. The molecule has 2 rings (SSSR count). The molecule has 0 radical (unpaired) electrons. The maximum Gasteiger partial charge on any atom is 0.273 e. The summed E-state index contributed by atoms with van der Waals surface area (Å²) in [7, 11) is 0. The summed E-state index contributed by atoms with van der Waals surface area (Å²) in [6.45, 7) is 2.32. The van der Waals surface area contributed by atoms with Crippen molar-refractivity contribution in [3.63, 3.8) is 0 Å². The topological polar surface area (TPSA) is 75.4 Å². The lowest BCUT2D eigenvalue weighted by atomic mass is 10.2. The fraction of sp³-hybridized carbons (Fsp3) is 0.385. The maximum absolute atomic E-state index is 12.0. The first kappa shape index (κ1) is 13.8. The van der Waals surface area contributed by atoms with E-state index in [1.54, 1.807) is 0 Å². The Kier molecular flexibility index (Phi) is 4.70. The molecule has 0 aliphatic heterocycles. The van der Waals surface area contributed by atoms with Crippen LogP contribution in [-0.4, -0.2) is 28.6 Å². The van der Waals surface area contributed by atoms with E-state index in [1.807, 2.05) is 24.4 Å². The maximum atomic E-state index is 12.0. The second-order valence-electron chi connectivity index (χ2n) is 4.11. The van der Waals surface area contributed by atoms with Crippen molar-refractivity contribution in [2.24, 2.45) is 0 Å². The van der Waals surface area contributed by atoms with Crippen LogP contribution in [0.1, 0.15) is 30.3 Å². The van der Waals surface area contributed by atoms with E-state index in [-0.39, 0.29) is 17.7 Å². The monoisotopic (exact) mass is 280 g/mol. The van der Waals surface area contributed by atoms with Gasteiger partial charge in [0.2, 0.25) is 0 Å². The molecule has 0 bridgehead atoms. The number of rotatable bonds is 6. The van der Waals surface area contributed by atoms with E-state index in [0.29, 0.717) is 25.1 Å². The Morgan fingerprint density at radius 2 is 2.47 bits per heavy atom. The van der Waals surface area contributed by atoms with E-state index in [4.69, 9.17) is 4.42 Å². The standard InChI is InChI=1S/C13H16N2O3S/c1-2-9(16)5-6-14-13(17)11-12(18-8-15-11)10-4-3-7-19-10/h3-4,7-9,16H,2,5-6H2,1H3,(H,14,17). The summed E-state index contributed by atoms with van der Waals surface area (Å²) in [4.78, 5) is 16.8. The number of carbonyl (C=O) groups is 1. The summed E-state index contributed by atoms with van der Waals surface area (Å²) in [5, 5.41) is 14.1. The highest BCUT2D eigenvalue weighted by Crippen LogP contribution is 2.27. The van der Waals surface area contributed by atoms with Gasteiger partial charge >= 0.3 is 0 Å². The largest absolute Gasteiger partial charge is 0.442 e. The van der Waals surface area contributed by atoms with Crippen LogP contribution in [0.5, 0.6) is 0 Å². The van der Waals surface area contributed by atoms with Gasteiger partial charge in [0.05, 0.1) is 11.0 Å². The van der Waals surface area contributed by atoms with Crippen molar-refractivity contribution in [3.8, 4) is 10.6 Å². The first-order valence-corrected chi connectivity index (χ1v) is 7.04. The first-order chi connectivity index (χ1) is 9.22. The van der Waals surface area contributed by atoms with Crippen LogP contribution in [0.2, 0.25) is 0 Å². The van der Waals surface area contributed by atoms with Crippen molar-refractivity contribution in [2.75, 3.05) is 6.54 Å². The Balaban J connectivity index is 1.99. The van der Waals surface area contributed by atoms with Crippen LogP contribution in [-0.2, 0) is 0 Å². The molecule has 102 valence electrons. The van der Waals surface area contributed by atoms with Crippen LogP contribution in [0.4, 0.5) is 0 Å². The number of hydrogen-bond donors (Lipinski definition) is 2. The molecule has 5 nitrogen and oxygen atoms in total. The third-order valence-corrected chi connectivity index (χ3v) is 3.63. The highest BCUT2D eigenvalue weighted by atomic mass is 32.1. The molecule has 0 aromatic carbocycles. The molecule has 0 saturated carbocycles. The molecule has 0 aliphatic rings. The summed E-state index contributed by atoms with van der Waals surface area (Å²) in [5.41, 5.74) is 0.286. The molecule has 1 unspecified atom stereocenters. The number of amides is 1. The van der Waals surface area contributed by atoms with Gasteiger partial charge in [0.25, 0.3) is 5.91 Å².